The van der Waals surface area contributed by atoms with Crippen LogP contribution in [-0.2, 0) is 14.3 Å². The van der Waals surface area contributed by atoms with E-state index in [0.29, 0.717) is 12.8 Å². The van der Waals surface area contributed by atoms with Crippen LogP contribution in [0.4, 0.5) is 0 Å². The fourth-order valence-electron chi connectivity index (χ4n) is 7.62. The molecule has 1 heterocycles. The maximum atomic E-state index is 13.0. The second kappa shape index (κ2) is 36.7. The van der Waals surface area contributed by atoms with Crippen molar-refractivity contribution in [3.63, 3.8) is 0 Å². The van der Waals surface area contributed by atoms with Crippen LogP contribution < -0.4 is 5.32 Å². The van der Waals surface area contributed by atoms with E-state index in [0.717, 1.165) is 38.5 Å². The first-order valence-corrected chi connectivity index (χ1v) is 23.6. The Labute approximate surface area is 347 Å². The second-order valence-corrected chi connectivity index (χ2v) is 16.8. The van der Waals surface area contributed by atoms with E-state index in [9.17, 15) is 40.5 Å². The summed E-state index contributed by atoms with van der Waals surface area (Å²) in [5.74, 6) is -0.707. The predicted molar refractivity (Wildman–Crippen MR) is 229 cm³/mol. The van der Waals surface area contributed by atoms with Crippen LogP contribution in [0.25, 0.3) is 0 Å². The van der Waals surface area contributed by atoms with Gasteiger partial charge in [0.2, 0.25) is 5.91 Å². The molecule has 338 valence electrons. The topological polar surface area (TPSA) is 189 Å². The summed E-state index contributed by atoms with van der Waals surface area (Å²) in [6.07, 6.45) is 27.0. The van der Waals surface area contributed by atoms with Gasteiger partial charge in [-0.3, -0.25) is 4.79 Å². The second-order valence-electron chi connectivity index (χ2n) is 16.8. The van der Waals surface area contributed by atoms with Crippen LogP contribution in [0.3, 0.4) is 0 Å². The maximum Gasteiger partial charge on any atom is 0.249 e. The minimum atomic E-state index is -1.66. The molecule has 1 aliphatic heterocycles. The maximum absolute atomic E-state index is 13.0. The summed E-state index contributed by atoms with van der Waals surface area (Å²) in [5, 5.41) is 75.5. The number of unbranched alkanes of at least 4 members (excludes halogenated alkanes) is 25. The van der Waals surface area contributed by atoms with Crippen molar-refractivity contribution >= 4 is 5.91 Å². The Balaban J connectivity index is 2.42. The molecular weight excluding hydrogens is 727 g/mol. The highest BCUT2D eigenvalue weighted by Crippen LogP contribution is 2.23. The van der Waals surface area contributed by atoms with E-state index in [4.69, 9.17) is 9.47 Å². The van der Waals surface area contributed by atoms with Gasteiger partial charge in [0.1, 0.15) is 36.6 Å². The van der Waals surface area contributed by atoms with Gasteiger partial charge in [-0.1, -0.05) is 180 Å². The third-order valence-electron chi connectivity index (χ3n) is 11.6. The molecular formula is C46H89NO10. The summed E-state index contributed by atoms with van der Waals surface area (Å²) in [7, 11) is 0. The molecule has 0 aliphatic carbocycles. The molecule has 0 aromatic heterocycles. The van der Waals surface area contributed by atoms with E-state index >= 15 is 0 Å². The molecule has 1 fully saturated rings. The van der Waals surface area contributed by atoms with Crippen LogP contribution in [0.2, 0.25) is 0 Å². The molecule has 0 aromatic carbocycles. The zero-order chi connectivity index (χ0) is 41.9. The summed E-state index contributed by atoms with van der Waals surface area (Å²) >= 11 is 0. The van der Waals surface area contributed by atoms with Crippen LogP contribution in [0, 0.1) is 0 Å². The highest BCUT2D eigenvalue weighted by atomic mass is 16.7. The number of amides is 1. The molecule has 0 spiro atoms. The summed E-state index contributed by atoms with van der Waals surface area (Å²) in [6, 6.07) is -1.18. The number of nitrogens with one attached hydrogen (secondary N) is 1. The third kappa shape index (κ3) is 26.6. The van der Waals surface area contributed by atoms with Crippen molar-refractivity contribution in [2.45, 2.75) is 262 Å². The van der Waals surface area contributed by atoms with Crippen molar-refractivity contribution in [1.82, 2.24) is 5.32 Å². The minimum Gasteiger partial charge on any atom is -0.394 e. The summed E-state index contributed by atoms with van der Waals surface area (Å²) < 4.78 is 11.1. The first-order valence-electron chi connectivity index (χ1n) is 23.6. The van der Waals surface area contributed by atoms with E-state index in [2.05, 4.69) is 31.3 Å². The largest absolute Gasteiger partial charge is 0.394 e. The first kappa shape index (κ1) is 53.9. The number of hydrogen-bond donors (Lipinski definition) is 8. The molecule has 1 rings (SSSR count). The van der Waals surface area contributed by atoms with Gasteiger partial charge < -0.3 is 50.5 Å². The van der Waals surface area contributed by atoms with Gasteiger partial charge in [0.15, 0.2) is 6.29 Å². The summed E-state index contributed by atoms with van der Waals surface area (Å²) in [4.78, 5) is 13.0. The summed E-state index contributed by atoms with van der Waals surface area (Å²) in [5.41, 5.74) is 0. The minimum absolute atomic E-state index is 0.257. The Kier molecular flexibility index (Phi) is 34.7. The normalized spacial score (nSPS) is 22.2. The van der Waals surface area contributed by atoms with Crippen molar-refractivity contribution in [2.24, 2.45) is 0 Å². The SMILES string of the molecule is CCCCCCCCCCCCCCCCC/C=C/CCCC(O)C(O)C(COC1OC(CO)C(O)C(O)C1O)NC(=O)C(O)CCCCCCCCCCCC. The van der Waals surface area contributed by atoms with E-state index < -0.39 is 74.2 Å². The van der Waals surface area contributed by atoms with E-state index in [1.165, 1.54) is 128 Å². The molecule has 0 bridgehead atoms. The number of hydrogen-bond acceptors (Lipinski definition) is 10. The van der Waals surface area contributed by atoms with Crippen molar-refractivity contribution in [2.75, 3.05) is 13.2 Å². The molecule has 9 unspecified atom stereocenters. The van der Waals surface area contributed by atoms with Crippen LogP contribution in [-0.4, -0.2) is 110 Å². The highest BCUT2D eigenvalue weighted by molar-refractivity contribution is 5.80. The van der Waals surface area contributed by atoms with Crippen molar-refractivity contribution in [3.8, 4) is 0 Å². The fraction of sp³-hybridized carbons (Fsp3) is 0.935. The number of carbonyl (C=O) groups excluding carboxylic acids is 1. The Bertz CT molecular complexity index is 939. The summed E-state index contributed by atoms with van der Waals surface area (Å²) in [6.45, 7) is 3.41. The lowest BCUT2D eigenvalue weighted by atomic mass is 9.98. The lowest BCUT2D eigenvalue weighted by Crippen LogP contribution is -2.60. The average Bonchev–Trinajstić information content (AvgIpc) is 3.21. The van der Waals surface area contributed by atoms with Crippen LogP contribution >= 0.6 is 0 Å². The van der Waals surface area contributed by atoms with Gasteiger partial charge in [-0.25, -0.2) is 0 Å². The third-order valence-corrected chi connectivity index (χ3v) is 11.6. The monoisotopic (exact) mass is 816 g/mol. The molecule has 8 N–H and O–H groups in total. The van der Waals surface area contributed by atoms with Crippen molar-refractivity contribution in [1.29, 1.82) is 0 Å². The number of aliphatic hydroxyl groups excluding tert-OH is 7. The fourth-order valence-corrected chi connectivity index (χ4v) is 7.62. The standard InChI is InChI=1S/C46H89NO10/c1-3-5-7-9-11-13-15-16-17-18-19-20-21-22-23-24-26-27-29-31-33-38(49)41(51)37(36-56-46-44(54)43(53)42(52)40(35-48)57-46)47-45(55)39(50)34-32-30-28-25-14-12-10-8-6-4-2/h26-27,37-44,46,48-54H,3-25,28-36H2,1-2H3,(H,47,55)/b27-26+. The quantitative estimate of drug-likeness (QED) is 0.0226. The molecule has 11 heteroatoms. The van der Waals surface area contributed by atoms with Gasteiger partial charge >= 0.3 is 0 Å². The lowest BCUT2D eigenvalue weighted by molar-refractivity contribution is -0.303. The van der Waals surface area contributed by atoms with Gasteiger partial charge in [-0.15, -0.1) is 0 Å². The molecule has 0 radical (unpaired) electrons. The molecule has 57 heavy (non-hydrogen) atoms. The smallest absolute Gasteiger partial charge is 0.249 e. The average molecular weight is 816 g/mol. The number of allylic oxidation sites excluding steroid dienone is 2. The number of rotatable bonds is 39. The lowest BCUT2D eigenvalue weighted by Gasteiger charge is -2.40. The van der Waals surface area contributed by atoms with E-state index in [1.54, 1.807) is 0 Å². The van der Waals surface area contributed by atoms with Crippen LogP contribution in [0.5, 0.6) is 0 Å². The Morgan fingerprint density at radius 2 is 1.04 bits per heavy atom. The number of ether oxygens (including phenoxy) is 2. The molecule has 0 aromatic rings. The van der Waals surface area contributed by atoms with Gasteiger partial charge in [-0.2, -0.15) is 0 Å². The van der Waals surface area contributed by atoms with Gasteiger partial charge in [0, 0.05) is 0 Å². The predicted octanol–water partition coefficient (Wildman–Crippen LogP) is 7.67. The van der Waals surface area contributed by atoms with Gasteiger partial charge in [-0.05, 0) is 38.5 Å². The molecule has 1 amide bonds. The zero-order valence-corrected chi connectivity index (χ0v) is 36.3. The van der Waals surface area contributed by atoms with Gasteiger partial charge in [0.25, 0.3) is 0 Å². The first-order chi connectivity index (χ1) is 27.7. The van der Waals surface area contributed by atoms with E-state index in [1.807, 2.05) is 0 Å². The zero-order valence-electron chi connectivity index (χ0n) is 36.3. The van der Waals surface area contributed by atoms with Crippen molar-refractivity contribution in [3.05, 3.63) is 12.2 Å². The molecule has 9 atom stereocenters. The van der Waals surface area contributed by atoms with Crippen LogP contribution in [0.15, 0.2) is 12.2 Å². The Morgan fingerprint density at radius 1 is 0.596 bits per heavy atom. The molecule has 1 aliphatic rings. The number of aliphatic hydroxyl groups is 7. The highest BCUT2D eigenvalue weighted by Gasteiger charge is 2.44. The van der Waals surface area contributed by atoms with E-state index in [-0.39, 0.29) is 12.8 Å². The van der Waals surface area contributed by atoms with Crippen LogP contribution in [0.1, 0.15) is 206 Å². The molecule has 1 saturated heterocycles. The van der Waals surface area contributed by atoms with Crippen molar-refractivity contribution < 1.29 is 50.0 Å². The number of carbonyl (C=O) groups is 1. The Hall–Kier alpha value is -1.15. The molecule has 11 nitrogen and oxygen atoms in total. The Morgan fingerprint density at radius 3 is 1.51 bits per heavy atom. The van der Waals surface area contributed by atoms with Gasteiger partial charge in [0.05, 0.1) is 25.4 Å². The molecule has 0 saturated carbocycles.